The van der Waals surface area contributed by atoms with Gasteiger partial charge in [0.2, 0.25) is 0 Å². The molecule has 0 aliphatic heterocycles. The Balaban J connectivity index is 2.14. The maximum absolute atomic E-state index is 12.4. The van der Waals surface area contributed by atoms with Gasteiger partial charge in [0.15, 0.2) is 0 Å². The minimum atomic E-state index is -3.90. The third-order valence-electron chi connectivity index (χ3n) is 3.10. The molecule has 0 amide bonds. The fourth-order valence-corrected chi connectivity index (χ4v) is 3.99. The first-order valence-corrected chi connectivity index (χ1v) is 9.53. The van der Waals surface area contributed by atoms with E-state index in [0.29, 0.717) is 12.2 Å². The fraction of sp³-hybridized carbons (Fsp3) is 0.400. The molecule has 7 heteroatoms. The van der Waals surface area contributed by atoms with Gasteiger partial charge in [-0.2, -0.15) is 8.42 Å². The number of benzene rings is 1. The van der Waals surface area contributed by atoms with Crippen LogP contribution in [0.5, 0.6) is 5.19 Å². The summed E-state index contributed by atoms with van der Waals surface area (Å²) < 4.78 is 31.2. The normalized spacial score (nSPS) is 11.4. The van der Waals surface area contributed by atoms with Gasteiger partial charge in [0.25, 0.3) is 5.19 Å². The van der Waals surface area contributed by atoms with Crippen LogP contribution in [-0.2, 0) is 16.7 Å². The van der Waals surface area contributed by atoms with Crippen LogP contribution in [0.15, 0.2) is 35.7 Å². The van der Waals surface area contributed by atoms with E-state index in [1.807, 2.05) is 11.4 Å². The van der Waals surface area contributed by atoms with Crippen molar-refractivity contribution in [1.82, 2.24) is 4.98 Å². The van der Waals surface area contributed by atoms with Crippen molar-refractivity contribution in [3.05, 3.63) is 41.4 Å². The number of anilines is 1. The van der Waals surface area contributed by atoms with Gasteiger partial charge >= 0.3 is 10.3 Å². The summed E-state index contributed by atoms with van der Waals surface area (Å²) in [6, 6.07) is 8.89. The summed E-state index contributed by atoms with van der Waals surface area (Å²) in [4.78, 5) is 4.23. The average molecular weight is 340 g/mol. The smallest absolute Gasteiger partial charge is 0.336 e. The summed E-state index contributed by atoms with van der Waals surface area (Å²) >= 11 is 1.21. The largest absolute Gasteiger partial charge is 0.412 e. The molecule has 0 saturated heterocycles. The Morgan fingerprint density at radius 3 is 2.59 bits per heavy atom. The minimum absolute atomic E-state index is 0.167. The second-order valence-corrected chi connectivity index (χ2v) is 7.03. The van der Waals surface area contributed by atoms with E-state index in [1.54, 1.807) is 31.2 Å². The summed E-state index contributed by atoms with van der Waals surface area (Å²) in [5.41, 5.74) is 1.45. The number of aromatic nitrogens is 1. The van der Waals surface area contributed by atoms with Gasteiger partial charge in [-0.1, -0.05) is 42.9 Å². The summed E-state index contributed by atoms with van der Waals surface area (Å²) in [7, 11) is -3.90. The molecule has 0 saturated carbocycles. The zero-order valence-corrected chi connectivity index (χ0v) is 14.4. The Morgan fingerprint density at radius 1 is 1.23 bits per heavy atom. The predicted molar refractivity (Wildman–Crippen MR) is 89.7 cm³/mol. The first-order valence-electron chi connectivity index (χ1n) is 7.28. The number of nitrogens with zero attached hydrogens (tertiary/aromatic N) is 2. The molecule has 1 aromatic heterocycles. The topological polar surface area (TPSA) is 59.5 Å². The van der Waals surface area contributed by atoms with Crippen LogP contribution >= 0.6 is 11.3 Å². The van der Waals surface area contributed by atoms with Crippen LogP contribution < -0.4 is 8.49 Å². The summed E-state index contributed by atoms with van der Waals surface area (Å²) in [6.07, 6.45) is 2.94. The van der Waals surface area contributed by atoms with Crippen LogP contribution in [0, 0.1) is 0 Å². The fourth-order valence-electron chi connectivity index (χ4n) is 2.00. The second kappa shape index (κ2) is 7.60. The van der Waals surface area contributed by atoms with Gasteiger partial charge in [0, 0.05) is 11.9 Å². The Bertz CT molecular complexity index is 684. The highest BCUT2D eigenvalue weighted by molar-refractivity contribution is 7.88. The Kier molecular flexibility index (Phi) is 5.79. The second-order valence-electron chi connectivity index (χ2n) is 4.75. The van der Waals surface area contributed by atoms with Crippen molar-refractivity contribution in [2.24, 2.45) is 0 Å². The molecule has 0 radical (unpaired) electrons. The first-order chi connectivity index (χ1) is 10.6. The predicted octanol–water partition coefficient (Wildman–Crippen LogP) is 3.64. The first kappa shape index (κ1) is 16.8. The molecule has 22 heavy (non-hydrogen) atoms. The highest BCUT2D eigenvalue weighted by Crippen LogP contribution is 2.24. The standard InChI is InChI=1S/C15H20N2O3S2/c1-3-5-9-13-12-21-15(16-13)20-22(18,19)17(4-2)14-10-7-6-8-11-14/h6-8,10-12H,3-5,9H2,1-2H3. The SMILES string of the molecule is CCCCc1csc(OS(=O)(=O)N(CC)c2ccccc2)n1. The summed E-state index contributed by atoms with van der Waals surface area (Å²) in [5, 5.41) is 2.01. The van der Waals surface area contributed by atoms with E-state index >= 15 is 0 Å². The highest BCUT2D eigenvalue weighted by atomic mass is 32.2. The molecule has 0 N–H and O–H groups in total. The van der Waals surface area contributed by atoms with Crippen LogP contribution in [0.2, 0.25) is 0 Å². The van der Waals surface area contributed by atoms with E-state index in [2.05, 4.69) is 11.9 Å². The molecule has 1 heterocycles. The average Bonchev–Trinajstić information content (AvgIpc) is 2.93. The molecular weight excluding hydrogens is 320 g/mol. The highest BCUT2D eigenvalue weighted by Gasteiger charge is 2.24. The number of thiazole rings is 1. The third kappa shape index (κ3) is 4.20. The molecular formula is C15H20N2O3S2. The molecule has 120 valence electrons. The lowest BCUT2D eigenvalue weighted by Gasteiger charge is -2.21. The molecule has 5 nitrogen and oxygen atoms in total. The molecule has 0 unspecified atom stereocenters. The zero-order valence-electron chi connectivity index (χ0n) is 12.7. The minimum Gasteiger partial charge on any atom is -0.336 e. The maximum atomic E-state index is 12.4. The van der Waals surface area contributed by atoms with Gasteiger partial charge in [0.1, 0.15) is 0 Å². The molecule has 2 aromatic rings. The quantitative estimate of drug-likeness (QED) is 0.736. The van der Waals surface area contributed by atoms with Gasteiger partial charge in [0.05, 0.1) is 11.4 Å². The van der Waals surface area contributed by atoms with Crippen LogP contribution in [0.4, 0.5) is 5.69 Å². The van der Waals surface area contributed by atoms with Crippen molar-refractivity contribution in [2.45, 2.75) is 33.1 Å². The number of rotatable bonds is 8. The van der Waals surface area contributed by atoms with Gasteiger partial charge < -0.3 is 4.18 Å². The van der Waals surface area contributed by atoms with Crippen molar-refractivity contribution in [2.75, 3.05) is 10.8 Å². The molecule has 2 rings (SSSR count). The Morgan fingerprint density at radius 2 is 1.95 bits per heavy atom. The molecule has 0 bridgehead atoms. The van der Waals surface area contributed by atoms with E-state index < -0.39 is 10.3 Å². The molecule has 0 aliphatic carbocycles. The van der Waals surface area contributed by atoms with Gasteiger partial charge in [-0.05, 0) is 31.9 Å². The van der Waals surface area contributed by atoms with E-state index in [0.717, 1.165) is 25.0 Å². The maximum Gasteiger partial charge on any atom is 0.412 e. The summed E-state index contributed by atoms with van der Waals surface area (Å²) in [5.74, 6) is 0. The van der Waals surface area contributed by atoms with Gasteiger partial charge in [-0.15, -0.1) is 0 Å². The lowest BCUT2D eigenvalue weighted by Crippen LogP contribution is -2.34. The number of hydrogen-bond donors (Lipinski definition) is 0. The van der Waals surface area contributed by atoms with E-state index in [4.69, 9.17) is 4.18 Å². The van der Waals surface area contributed by atoms with E-state index in [-0.39, 0.29) is 5.19 Å². The number of aryl methyl sites for hydroxylation is 1. The van der Waals surface area contributed by atoms with Crippen molar-refractivity contribution in [3.63, 3.8) is 0 Å². The van der Waals surface area contributed by atoms with Gasteiger partial charge in [-0.3, -0.25) is 0 Å². The molecule has 0 atom stereocenters. The Hall–Kier alpha value is -1.60. The van der Waals surface area contributed by atoms with Gasteiger partial charge in [-0.25, -0.2) is 9.29 Å². The molecule has 0 spiro atoms. The van der Waals surface area contributed by atoms with Crippen LogP contribution in [0.3, 0.4) is 0 Å². The van der Waals surface area contributed by atoms with Crippen LogP contribution in [0.25, 0.3) is 0 Å². The zero-order chi connectivity index (χ0) is 16.0. The summed E-state index contributed by atoms with van der Waals surface area (Å²) in [6.45, 7) is 4.16. The molecule has 0 aliphatic rings. The molecule has 1 aromatic carbocycles. The Labute approximate surface area is 135 Å². The van der Waals surface area contributed by atoms with E-state index in [1.165, 1.54) is 15.6 Å². The van der Waals surface area contributed by atoms with Crippen LogP contribution in [0.1, 0.15) is 32.4 Å². The number of hydrogen-bond acceptors (Lipinski definition) is 5. The van der Waals surface area contributed by atoms with Crippen LogP contribution in [-0.4, -0.2) is 19.9 Å². The van der Waals surface area contributed by atoms with E-state index in [9.17, 15) is 8.42 Å². The lowest BCUT2D eigenvalue weighted by atomic mass is 10.2. The lowest BCUT2D eigenvalue weighted by molar-refractivity contribution is 0.479. The number of para-hydroxylation sites is 1. The molecule has 0 fully saturated rings. The van der Waals surface area contributed by atoms with Crippen molar-refractivity contribution < 1.29 is 12.6 Å². The van der Waals surface area contributed by atoms with Crippen molar-refractivity contribution in [1.29, 1.82) is 0 Å². The third-order valence-corrected chi connectivity index (χ3v) is 5.34. The van der Waals surface area contributed by atoms with Crippen molar-refractivity contribution >= 4 is 27.3 Å². The monoisotopic (exact) mass is 340 g/mol. The van der Waals surface area contributed by atoms with Crippen molar-refractivity contribution in [3.8, 4) is 5.19 Å². The number of unbranched alkanes of at least 4 members (excludes halogenated alkanes) is 1.